The molecule has 0 saturated heterocycles. The number of hydrogen-bond donors (Lipinski definition) is 0. The fourth-order valence-electron chi connectivity index (χ4n) is 2.09. The van der Waals surface area contributed by atoms with E-state index >= 15 is 0 Å². The van der Waals surface area contributed by atoms with Gasteiger partial charge in [0.2, 0.25) is 0 Å². The van der Waals surface area contributed by atoms with E-state index in [1.54, 1.807) is 6.92 Å². The van der Waals surface area contributed by atoms with Gasteiger partial charge < -0.3 is 0 Å². The molecular weight excluding hydrogens is 218 g/mol. The number of aryl methyl sites for hydroxylation is 1. The molecule has 0 atom stereocenters. The predicted octanol–water partition coefficient (Wildman–Crippen LogP) is 4.56. The van der Waals surface area contributed by atoms with E-state index in [0.717, 1.165) is 29.5 Å². The van der Waals surface area contributed by atoms with Gasteiger partial charge in [-0.1, -0.05) is 12.1 Å². The third-order valence-electron chi connectivity index (χ3n) is 3.30. The summed E-state index contributed by atoms with van der Waals surface area (Å²) >= 11 is 0. The van der Waals surface area contributed by atoms with E-state index in [1.807, 2.05) is 19.1 Å². The molecule has 1 aliphatic carbocycles. The Balaban J connectivity index is 2.28. The van der Waals surface area contributed by atoms with Crippen LogP contribution >= 0.6 is 0 Å². The zero-order chi connectivity index (χ0) is 12.4. The average Bonchev–Trinajstić information content (AvgIpc) is 2.29. The molecule has 1 aromatic carbocycles. The highest BCUT2D eigenvalue weighted by Crippen LogP contribution is 2.25. The minimum absolute atomic E-state index is 0.158. The molecule has 0 bridgehead atoms. The van der Waals surface area contributed by atoms with Crippen molar-refractivity contribution in [1.29, 1.82) is 0 Å². The number of hydrogen-bond acceptors (Lipinski definition) is 0. The van der Waals surface area contributed by atoms with Gasteiger partial charge in [0.05, 0.1) is 0 Å². The molecule has 90 valence electrons. The van der Waals surface area contributed by atoms with E-state index in [-0.39, 0.29) is 11.6 Å². The Kier molecular flexibility index (Phi) is 3.41. The van der Waals surface area contributed by atoms with Gasteiger partial charge in [0.15, 0.2) is 0 Å². The lowest BCUT2D eigenvalue weighted by Crippen LogP contribution is -1.99. The summed E-state index contributed by atoms with van der Waals surface area (Å²) in [7, 11) is 0. The molecule has 0 heterocycles. The highest BCUT2D eigenvalue weighted by Gasteiger charge is 2.11. The van der Waals surface area contributed by atoms with Crippen LogP contribution in [-0.2, 0) is 6.42 Å². The maximum absolute atomic E-state index is 13.6. The molecular formula is C15H16F2. The molecule has 1 aromatic rings. The van der Waals surface area contributed by atoms with Gasteiger partial charge in [-0.2, -0.15) is 0 Å². The van der Waals surface area contributed by atoms with Crippen LogP contribution in [0.3, 0.4) is 0 Å². The quantitative estimate of drug-likeness (QED) is 0.703. The highest BCUT2D eigenvalue weighted by molar-refractivity contribution is 5.35. The van der Waals surface area contributed by atoms with Gasteiger partial charge in [-0.25, -0.2) is 8.78 Å². The lowest BCUT2D eigenvalue weighted by molar-refractivity contribution is 0.611. The summed E-state index contributed by atoms with van der Waals surface area (Å²) in [6.07, 6.45) is 5.46. The Morgan fingerprint density at radius 2 is 1.94 bits per heavy atom. The maximum Gasteiger partial charge on any atom is 0.126 e. The van der Waals surface area contributed by atoms with E-state index in [0.29, 0.717) is 12.0 Å². The molecule has 2 rings (SSSR count). The van der Waals surface area contributed by atoms with Crippen molar-refractivity contribution < 1.29 is 8.78 Å². The zero-order valence-corrected chi connectivity index (χ0v) is 10.2. The van der Waals surface area contributed by atoms with Gasteiger partial charge >= 0.3 is 0 Å². The predicted molar refractivity (Wildman–Crippen MR) is 66.1 cm³/mol. The summed E-state index contributed by atoms with van der Waals surface area (Å²) in [4.78, 5) is 0. The first-order valence-electron chi connectivity index (χ1n) is 5.87. The van der Waals surface area contributed by atoms with Crippen molar-refractivity contribution in [2.75, 3.05) is 0 Å². The molecule has 1 aliphatic rings. The number of benzene rings is 1. The van der Waals surface area contributed by atoms with Crippen LogP contribution in [-0.4, -0.2) is 0 Å². The average molecular weight is 234 g/mol. The van der Waals surface area contributed by atoms with Crippen molar-refractivity contribution in [1.82, 2.24) is 0 Å². The third kappa shape index (κ3) is 2.63. The fraction of sp³-hybridized carbons (Fsp3) is 0.333. The largest absolute Gasteiger partial charge is 0.207 e. The summed E-state index contributed by atoms with van der Waals surface area (Å²) in [6.45, 7) is 3.64. The lowest BCUT2D eigenvalue weighted by atomic mass is 9.95. The lowest BCUT2D eigenvalue weighted by Gasteiger charge is -2.12. The molecule has 0 radical (unpaired) electrons. The molecule has 17 heavy (non-hydrogen) atoms. The number of rotatable bonds is 2. The van der Waals surface area contributed by atoms with Crippen molar-refractivity contribution in [3.8, 4) is 0 Å². The van der Waals surface area contributed by atoms with Gasteiger partial charge in [-0.05, 0) is 67.5 Å². The van der Waals surface area contributed by atoms with Gasteiger partial charge in [-0.15, -0.1) is 0 Å². The van der Waals surface area contributed by atoms with E-state index in [4.69, 9.17) is 0 Å². The fourth-order valence-corrected chi connectivity index (χ4v) is 2.09. The van der Waals surface area contributed by atoms with Crippen LogP contribution in [0.25, 0.3) is 0 Å². The summed E-state index contributed by atoms with van der Waals surface area (Å²) in [5.41, 5.74) is 3.22. The second kappa shape index (κ2) is 4.82. The van der Waals surface area contributed by atoms with Crippen LogP contribution in [0.1, 0.15) is 29.5 Å². The Bertz CT molecular complexity index is 473. The maximum atomic E-state index is 13.6. The molecule has 0 spiro atoms. The van der Waals surface area contributed by atoms with Crippen LogP contribution < -0.4 is 0 Å². The highest BCUT2D eigenvalue weighted by atomic mass is 19.1. The van der Waals surface area contributed by atoms with Crippen molar-refractivity contribution in [3.63, 3.8) is 0 Å². The molecule has 0 unspecified atom stereocenters. The molecule has 0 aromatic heterocycles. The van der Waals surface area contributed by atoms with Crippen LogP contribution in [0.15, 0.2) is 35.7 Å². The zero-order valence-electron chi connectivity index (χ0n) is 10.2. The van der Waals surface area contributed by atoms with E-state index < -0.39 is 0 Å². The summed E-state index contributed by atoms with van der Waals surface area (Å²) in [5.74, 6) is -0.359. The normalized spacial score (nSPS) is 15.5. The van der Waals surface area contributed by atoms with Gasteiger partial charge in [-0.3, -0.25) is 0 Å². The van der Waals surface area contributed by atoms with E-state index in [1.165, 1.54) is 12.1 Å². The second-order valence-electron chi connectivity index (χ2n) is 4.59. The molecule has 0 N–H and O–H groups in total. The smallest absolute Gasteiger partial charge is 0.126 e. The first kappa shape index (κ1) is 12.0. The van der Waals surface area contributed by atoms with Crippen LogP contribution in [0.2, 0.25) is 0 Å². The monoisotopic (exact) mass is 234 g/mol. The molecule has 0 nitrogen and oxygen atoms in total. The minimum atomic E-state index is -0.202. The standard InChI is InChI=1S/C15H16F2/c1-10-7-12(9-15(17)11(10)2)8-13-5-3-4-6-14(13)16/h4,6-7,9H,3,5,8H2,1-2H3. The molecule has 0 amide bonds. The van der Waals surface area contributed by atoms with Gasteiger partial charge in [0, 0.05) is 0 Å². The minimum Gasteiger partial charge on any atom is -0.207 e. The first-order chi connectivity index (χ1) is 8.08. The molecule has 0 saturated carbocycles. The number of halogens is 2. The Labute approximate surface area is 101 Å². The Hall–Kier alpha value is -1.44. The third-order valence-corrected chi connectivity index (χ3v) is 3.30. The molecule has 0 fully saturated rings. The van der Waals surface area contributed by atoms with E-state index in [9.17, 15) is 8.78 Å². The molecule has 2 heteroatoms. The summed E-state index contributed by atoms with van der Waals surface area (Å²) in [5, 5.41) is 0. The number of allylic oxidation sites excluding steroid dienone is 4. The summed E-state index contributed by atoms with van der Waals surface area (Å²) in [6, 6.07) is 3.46. The topological polar surface area (TPSA) is 0 Å². The summed E-state index contributed by atoms with van der Waals surface area (Å²) < 4.78 is 27.1. The van der Waals surface area contributed by atoms with Crippen LogP contribution in [0.5, 0.6) is 0 Å². The molecule has 0 aliphatic heterocycles. The second-order valence-corrected chi connectivity index (χ2v) is 4.59. The first-order valence-corrected chi connectivity index (χ1v) is 5.87. The van der Waals surface area contributed by atoms with E-state index in [2.05, 4.69) is 0 Å². The van der Waals surface area contributed by atoms with Crippen molar-refractivity contribution in [2.45, 2.75) is 33.1 Å². The van der Waals surface area contributed by atoms with Crippen LogP contribution in [0, 0.1) is 19.7 Å². The van der Waals surface area contributed by atoms with Crippen LogP contribution in [0.4, 0.5) is 8.78 Å². The SMILES string of the molecule is Cc1cc(CC2=C(F)C=CCC2)cc(F)c1C. The van der Waals surface area contributed by atoms with Crippen molar-refractivity contribution in [2.24, 2.45) is 0 Å². The van der Waals surface area contributed by atoms with Crippen molar-refractivity contribution in [3.05, 3.63) is 58.2 Å². The Morgan fingerprint density at radius 3 is 2.59 bits per heavy atom. The van der Waals surface area contributed by atoms with Crippen molar-refractivity contribution >= 4 is 0 Å². The van der Waals surface area contributed by atoms with Gasteiger partial charge in [0.1, 0.15) is 11.6 Å². The Morgan fingerprint density at radius 1 is 1.18 bits per heavy atom. The van der Waals surface area contributed by atoms with Gasteiger partial charge in [0.25, 0.3) is 0 Å².